The van der Waals surface area contributed by atoms with Crippen LogP contribution in [0.4, 0.5) is 5.69 Å². The number of halogens is 3. The summed E-state index contributed by atoms with van der Waals surface area (Å²) in [6.45, 7) is 3.66. The number of hydrogen-bond acceptors (Lipinski definition) is 4. The van der Waals surface area contributed by atoms with Crippen LogP contribution in [0, 0.1) is 0 Å². The van der Waals surface area contributed by atoms with Crippen LogP contribution < -0.4 is 10.2 Å². The first-order chi connectivity index (χ1) is 17.9. The Morgan fingerprint density at radius 1 is 0.676 bits per heavy atom. The van der Waals surface area contributed by atoms with Crippen molar-refractivity contribution in [2.24, 2.45) is 0 Å². The molecule has 0 saturated carbocycles. The van der Waals surface area contributed by atoms with E-state index in [1.54, 1.807) is 36.4 Å². The highest BCUT2D eigenvalue weighted by atomic mass is 79.9. The van der Waals surface area contributed by atoms with Gasteiger partial charge in [0.25, 0.3) is 0 Å². The summed E-state index contributed by atoms with van der Waals surface area (Å²) < 4.78 is 0.755. The van der Waals surface area contributed by atoms with E-state index in [0.717, 1.165) is 36.3 Å². The molecule has 0 atom stereocenters. The zero-order chi connectivity index (χ0) is 26.2. The molecule has 4 aromatic rings. The Hall–Kier alpha value is -2.96. The van der Waals surface area contributed by atoms with Crippen molar-refractivity contribution >= 4 is 56.4 Å². The molecule has 0 spiro atoms. The van der Waals surface area contributed by atoms with Crippen molar-refractivity contribution in [1.82, 2.24) is 5.32 Å². The minimum Gasteiger partial charge on any atom is -0.368 e. The van der Waals surface area contributed by atoms with E-state index in [9.17, 15) is 9.59 Å². The van der Waals surface area contributed by atoms with E-state index >= 15 is 0 Å². The predicted molar refractivity (Wildman–Crippen MR) is 155 cm³/mol. The number of nitrogens with zero attached hydrogens (tertiary/aromatic N) is 1. The van der Waals surface area contributed by atoms with E-state index < -0.39 is 0 Å². The van der Waals surface area contributed by atoms with Crippen LogP contribution in [0.15, 0.2) is 102 Å². The number of ketones is 2. The van der Waals surface area contributed by atoms with Gasteiger partial charge < -0.3 is 10.2 Å². The molecule has 188 valence electrons. The van der Waals surface area contributed by atoms with Crippen molar-refractivity contribution < 1.29 is 9.59 Å². The minimum absolute atomic E-state index is 0.0200. The lowest BCUT2D eigenvalue weighted by molar-refractivity contribution is 0.103. The van der Waals surface area contributed by atoms with Crippen LogP contribution in [0.5, 0.6) is 0 Å². The fourth-order valence-corrected chi connectivity index (χ4v) is 4.80. The Morgan fingerprint density at radius 2 is 1.16 bits per heavy atom. The van der Waals surface area contributed by atoms with E-state index in [0.29, 0.717) is 32.3 Å². The first kappa shape index (κ1) is 27.1. The second-order valence-corrected chi connectivity index (χ2v) is 10.1. The maximum absolute atomic E-state index is 12.8. The molecule has 1 N–H and O–H groups in total. The summed E-state index contributed by atoms with van der Waals surface area (Å²) in [7, 11) is 0. The molecule has 0 aromatic heterocycles. The van der Waals surface area contributed by atoms with Gasteiger partial charge in [0.1, 0.15) is 0 Å². The van der Waals surface area contributed by atoms with Crippen molar-refractivity contribution in [1.29, 1.82) is 0 Å². The van der Waals surface area contributed by atoms with Crippen LogP contribution in [0.1, 0.15) is 31.8 Å². The number of rotatable bonds is 5. The smallest absolute Gasteiger partial charge is 0.195 e. The molecule has 0 radical (unpaired) electrons. The van der Waals surface area contributed by atoms with Crippen molar-refractivity contribution in [2.45, 2.75) is 0 Å². The van der Waals surface area contributed by atoms with Crippen molar-refractivity contribution in [3.05, 3.63) is 134 Å². The van der Waals surface area contributed by atoms with Gasteiger partial charge >= 0.3 is 0 Å². The number of nitrogens with one attached hydrogen (secondary N) is 1. The van der Waals surface area contributed by atoms with E-state index in [2.05, 4.69) is 26.1 Å². The highest BCUT2D eigenvalue weighted by Gasteiger charge is 2.19. The predicted octanol–water partition coefficient (Wildman–Crippen LogP) is 7.31. The Morgan fingerprint density at radius 3 is 1.73 bits per heavy atom. The molecule has 37 heavy (non-hydrogen) atoms. The van der Waals surface area contributed by atoms with E-state index in [1.165, 1.54) is 0 Å². The monoisotopic (exact) mass is 594 g/mol. The number of carbonyl (C=O) groups is 2. The summed E-state index contributed by atoms with van der Waals surface area (Å²) in [4.78, 5) is 27.1. The molecule has 1 heterocycles. The molecule has 1 aliphatic heterocycles. The van der Waals surface area contributed by atoms with Crippen LogP contribution in [0.3, 0.4) is 0 Å². The first-order valence-electron chi connectivity index (χ1n) is 11.8. The lowest BCUT2D eigenvalue weighted by Gasteiger charge is -2.31. The molecule has 1 fully saturated rings. The summed E-state index contributed by atoms with van der Waals surface area (Å²) in [6.07, 6.45) is 0. The fraction of sp³-hybridized carbons (Fsp3) is 0.133. The van der Waals surface area contributed by atoms with Gasteiger partial charge in [-0.3, -0.25) is 9.59 Å². The summed E-state index contributed by atoms with van der Waals surface area (Å²) >= 11 is 15.3. The molecule has 7 heteroatoms. The molecule has 0 amide bonds. The van der Waals surface area contributed by atoms with Gasteiger partial charge in [-0.1, -0.05) is 99.8 Å². The van der Waals surface area contributed by atoms with Gasteiger partial charge in [-0.15, -0.1) is 0 Å². The van der Waals surface area contributed by atoms with Crippen molar-refractivity contribution in [3.8, 4) is 0 Å². The van der Waals surface area contributed by atoms with Crippen LogP contribution >= 0.6 is 39.1 Å². The third kappa shape index (κ3) is 7.08. The maximum Gasteiger partial charge on any atom is 0.195 e. The summed E-state index contributed by atoms with van der Waals surface area (Å²) in [5, 5.41) is 4.47. The summed E-state index contributed by atoms with van der Waals surface area (Å²) in [5.74, 6) is -0.0124. The van der Waals surface area contributed by atoms with Gasteiger partial charge in [-0.2, -0.15) is 0 Å². The van der Waals surface area contributed by atoms with Crippen LogP contribution in [-0.2, 0) is 0 Å². The van der Waals surface area contributed by atoms with E-state index in [-0.39, 0.29) is 11.6 Å². The zero-order valence-electron chi connectivity index (χ0n) is 20.0. The van der Waals surface area contributed by atoms with Gasteiger partial charge in [-0.25, -0.2) is 0 Å². The van der Waals surface area contributed by atoms with E-state index in [4.69, 9.17) is 23.2 Å². The van der Waals surface area contributed by atoms with Crippen molar-refractivity contribution in [2.75, 3.05) is 31.1 Å². The second kappa shape index (κ2) is 13.0. The third-order valence-electron chi connectivity index (χ3n) is 5.91. The molecule has 4 nitrogen and oxygen atoms in total. The molecule has 4 aromatic carbocycles. The number of anilines is 1. The average molecular weight is 596 g/mol. The summed E-state index contributed by atoms with van der Waals surface area (Å²) in [6, 6.07) is 29.2. The molecular weight excluding hydrogens is 571 g/mol. The van der Waals surface area contributed by atoms with Gasteiger partial charge in [-0.05, 0) is 36.4 Å². The highest BCUT2D eigenvalue weighted by Crippen LogP contribution is 2.27. The fourth-order valence-electron chi connectivity index (χ4n) is 4.03. The Kier molecular flexibility index (Phi) is 9.53. The largest absolute Gasteiger partial charge is 0.368 e. The van der Waals surface area contributed by atoms with Gasteiger partial charge in [0.05, 0.1) is 0 Å². The highest BCUT2D eigenvalue weighted by molar-refractivity contribution is 9.10. The zero-order valence-corrected chi connectivity index (χ0v) is 23.1. The lowest BCUT2D eigenvalue weighted by Crippen LogP contribution is -2.44. The molecule has 0 bridgehead atoms. The Labute approximate surface area is 235 Å². The molecule has 5 rings (SSSR count). The first-order valence-corrected chi connectivity index (χ1v) is 13.4. The van der Waals surface area contributed by atoms with Crippen LogP contribution in [0.2, 0.25) is 10.0 Å². The number of hydrogen-bond donors (Lipinski definition) is 1. The third-order valence-corrected chi connectivity index (χ3v) is 7.07. The van der Waals surface area contributed by atoms with Gasteiger partial charge in [0.2, 0.25) is 0 Å². The second-order valence-electron chi connectivity index (χ2n) is 8.41. The maximum atomic E-state index is 12.8. The number of piperazine rings is 1. The standard InChI is InChI=1S/C17H17ClN2O.C13H8BrClO/c18-14-6-7-16(20-10-8-19-9-11-20)15(12-14)17(21)13-4-2-1-3-5-13;14-12-7-6-10(15)8-11(12)13(16)9-4-2-1-3-5-9/h1-7,12,19H,8-11H2;1-8H. The SMILES string of the molecule is O=C(c1ccccc1)c1cc(Cl)ccc1Br.O=C(c1ccccc1)c1cc(Cl)ccc1N1CCNCC1. The molecule has 1 aliphatic rings. The summed E-state index contributed by atoms with van der Waals surface area (Å²) in [5.41, 5.74) is 3.57. The van der Waals surface area contributed by atoms with Crippen LogP contribution in [-0.4, -0.2) is 37.7 Å². The number of carbonyl (C=O) groups excluding carboxylic acids is 2. The molecular formula is C30H25BrCl2N2O2. The minimum atomic E-state index is -0.0324. The quantitative estimate of drug-likeness (QED) is 0.246. The Balaban J connectivity index is 0.000000180. The lowest BCUT2D eigenvalue weighted by atomic mass is 10.0. The van der Waals surface area contributed by atoms with Gasteiger partial charge in [0.15, 0.2) is 11.6 Å². The molecule has 0 aliphatic carbocycles. The normalized spacial score (nSPS) is 12.9. The Bertz CT molecular complexity index is 1380. The van der Waals surface area contributed by atoms with Crippen molar-refractivity contribution in [3.63, 3.8) is 0 Å². The number of benzene rings is 4. The molecule has 1 saturated heterocycles. The van der Waals surface area contributed by atoms with E-state index in [1.807, 2.05) is 60.7 Å². The molecule has 0 unspecified atom stereocenters. The topological polar surface area (TPSA) is 49.4 Å². The average Bonchev–Trinajstić information content (AvgIpc) is 2.95. The van der Waals surface area contributed by atoms with Gasteiger partial charge in [0, 0.05) is 68.6 Å². The van der Waals surface area contributed by atoms with Crippen LogP contribution in [0.25, 0.3) is 0 Å².